The van der Waals surface area contributed by atoms with Crippen molar-refractivity contribution in [1.29, 1.82) is 0 Å². The largest absolute Gasteiger partial charge is 0.309 e. The van der Waals surface area contributed by atoms with Crippen molar-refractivity contribution in [3.63, 3.8) is 0 Å². The highest BCUT2D eigenvalue weighted by Crippen LogP contribution is 2.18. The van der Waals surface area contributed by atoms with Gasteiger partial charge in [0, 0.05) is 12.6 Å². The molecular weight excluding hydrogens is 208 g/mol. The first-order chi connectivity index (χ1) is 8.08. The lowest BCUT2D eigenvalue weighted by Gasteiger charge is -2.24. The Morgan fingerprint density at radius 3 is 2.41 bits per heavy atom. The highest BCUT2D eigenvalue weighted by molar-refractivity contribution is 5.31. The summed E-state index contributed by atoms with van der Waals surface area (Å²) in [6.45, 7) is 11.9. The zero-order chi connectivity index (χ0) is 12.8. The van der Waals surface area contributed by atoms with E-state index in [0.717, 1.165) is 19.6 Å². The summed E-state index contributed by atoms with van der Waals surface area (Å²) in [4.78, 5) is 2.35. The summed E-state index contributed by atoms with van der Waals surface area (Å²) in [6.07, 6.45) is 0. The zero-order valence-electron chi connectivity index (χ0n) is 11.9. The van der Waals surface area contributed by atoms with Crippen LogP contribution in [0, 0.1) is 13.8 Å². The minimum absolute atomic E-state index is 0.434. The van der Waals surface area contributed by atoms with Gasteiger partial charge in [0.2, 0.25) is 0 Å². The van der Waals surface area contributed by atoms with Gasteiger partial charge in [0.25, 0.3) is 0 Å². The smallest absolute Gasteiger partial charge is 0.0449 e. The van der Waals surface area contributed by atoms with Crippen LogP contribution < -0.4 is 5.32 Å². The number of likely N-dealkylation sites (N-methyl/N-ethyl adjacent to an activating group) is 2. The predicted octanol–water partition coefficient (Wildman–Crippen LogP) is 2.91. The molecular formula is C15H26N2. The Bertz CT molecular complexity index is 347. The van der Waals surface area contributed by atoms with E-state index in [4.69, 9.17) is 0 Å². The lowest BCUT2D eigenvalue weighted by molar-refractivity contribution is 0.305. The molecule has 1 rings (SSSR count). The molecule has 0 aliphatic carbocycles. The van der Waals surface area contributed by atoms with Crippen LogP contribution in [0.3, 0.4) is 0 Å². The van der Waals surface area contributed by atoms with E-state index < -0.39 is 0 Å². The highest BCUT2D eigenvalue weighted by Gasteiger charge is 2.12. The first-order valence-electron chi connectivity index (χ1n) is 6.57. The van der Waals surface area contributed by atoms with E-state index in [1.54, 1.807) is 0 Å². The predicted molar refractivity (Wildman–Crippen MR) is 75.5 cm³/mol. The Balaban J connectivity index is 2.84. The normalized spacial score (nSPS) is 13.1. The van der Waals surface area contributed by atoms with Crippen LogP contribution >= 0.6 is 0 Å². The summed E-state index contributed by atoms with van der Waals surface area (Å²) in [7, 11) is 2.17. The molecule has 1 aromatic rings. The van der Waals surface area contributed by atoms with Gasteiger partial charge in [0.15, 0.2) is 0 Å². The Hall–Kier alpha value is -0.860. The monoisotopic (exact) mass is 234 g/mol. The zero-order valence-corrected chi connectivity index (χ0v) is 11.9. The van der Waals surface area contributed by atoms with Gasteiger partial charge in [-0.2, -0.15) is 0 Å². The first-order valence-corrected chi connectivity index (χ1v) is 6.57. The maximum Gasteiger partial charge on any atom is 0.0449 e. The van der Waals surface area contributed by atoms with Crippen molar-refractivity contribution < 1.29 is 0 Å². The van der Waals surface area contributed by atoms with Gasteiger partial charge in [-0.3, -0.25) is 0 Å². The molecule has 0 bridgehead atoms. The number of hydrogen-bond donors (Lipinski definition) is 1. The molecule has 2 nitrogen and oxygen atoms in total. The van der Waals surface area contributed by atoms with Gasteiger partial charge in [-0.25, -0.2) is 0 Å². The fourth-order valence-corrected chi connectivity index (χ4v) is 1.96. The van der Waals surface area contributed by atoms with Crippen LogP contribution in [0.15, 0.2) is 18.2 Å². The third-order valence-corrected chi connectivity index (χ3v) is 3.42. The molecule has 96 valence electrons. The molecule has 0 radical (unpaired) electrons. The van der Waals surface area contributed by atoms with E-state index >= 15 is 0 Å². The lowest BCUT2D eigenvalue weighted by atomic mass is 10.0. The highest BCUT2D eigenvalue weighted by atomic mass is 15.1. The number of nitrogens with zero attached hydrogens (tertiary/aromatic N) is 1. The summed E-state index contributed by atoms with van der Waals surface area (Å²) in [5, 5.41) is 3.57. The molecule has 1 aromatic carbocycles. The molecule has 0 amide bonds. The average molecular weight is 234 g/mol. The Morgan fingerprint density at radius 2 is 1.88 bits per heavy atom. The minimum atomic E-state index is 0.434. The van der Waals surface area contributed by atoms with Gasteiger partial charge >= 0.3 is 0 Å². The van der Waals surface area contributed by atoms with E-state index in [1.807, 2.05) is 0 Å². The summed E-state index contributed by atoms with van der Waals surface area (Å²) < 4.78 is 0. The van der Waals surface area contributed by atoms with Crippen molar-refractivity contribution >= 4 is 0 Å². The molecule has 1 N–H and O–H groups in total. The SMILES string of the molecule is CCNC(CN(C)CC)c1ccc(C)c(C)c1. The Morgan fingerprint density at radius 1 is 1.18 bits per heavy atom. The third-order valence-electron chi connectivity index (χ3n) is 3.42. The van der Waals surface area contributed by atoms with Crippen LogP contribution in [0.25, 0.3) is 0 Å². The molecule has 0 fully saturated rings. The van der Waals surface area contributed by atoms with E-state index in [2.05, 4.69) is 63.2 Å². The molecule has 0 heterocycles. The second-order valence-corrected chi connectivity index (χ2v) is 4.81. The van der Waals surface area contributed by atoms with Crippen LogP contribution in [0.5, 0.6) is 0 Å². The van der Waals surface area contributed by atoms with Crippen LogP contribution in [0.2, 0.25) is 0 Å². The number of rotatable bonds is 6. The summed E-state index contributed by atoms with van der Waals surface area (Å²) in [6, 6.07) is 7.22. The summed E-state index contributed by atoms with van der Waals surface area (Å²) >= 11 is 0. The molecule has 0 saturated heterocycles. The molecule has 0 aromatic heterocycles. The number of nitrogens with one attached hydrogen (secondary N) is 1. The fraction of sp³-hybridized carbons (Fsp3) is 0.600. The number of aryl methyl sites for hydroxylation is 2. The molecule has 1 atom stereocenters. The van der Waals surface area contributed by atoms with Crippen molar-refractivity contribution in [2.75, 3.05) is 26.7 Å². The van der Waals surface area contributed by atoms with Crippen LogP contribution in [0.4, 0.5) is 0 Å². The van der Waals surface area contributed by atoms with Gasteiger partial charge in [0.1, 0.15) is 0 Å². The van der Waals surface area contributed by atoms with E-state index in [9.17, 15) is 0 Å². The number of benzene rings is 1. The minimum Gasteiger partial charge on any atom is -0.309 e. The van der Waals surface area contributed by atoms with E-state index in [-0.39, 0.29) is 0 Å². The van der Waals surface area contributed by atoms with Gasteiger partial charge < -0.3 is 10.2 Å². The van der Waals surface area contributed by atoms with E-state index in [1.165, 1.54) is 16.7 Å². The second kappa shape index (κ2) is 6.77. The maximum atomic E-state index is 3.57. The lowest BCUT2D eigenvalue weighted by Crippen LogP contribution is -2.33. The molecule has 2 heteroatoms. The van der Waals surface area contributed by atoms with Gasteiger partial charge in [-0.15, -0.1) is 0 Å². The average Bonchev–Trinajstić information content (AvgIpc) is 2.32. The Labute approximate surface area is 106 Å². The van der Waals surface area contributed by atoms with Crippen LogP contribution in [-0.2, 0) is 0 Å². The summed E-state index contributed by atoms with van der Waals surface area (Å²) in [5.74, 6) is 0. The van der Waals surface area contributed by atoms with Gasteiger partial charge in [-0.05, 0) is 50.7 Å². The van der Waals surface area contributed by atoms with Crippen LogP contribution in [0.1, 0.15) is 36.6 Å². The summed E-state index contributed by atoms with van der Waals surface area (Å²) in [5.41, 5.74) is 4.15. The Kier molecular flexibility index (Phi) is 5.66. The number of hydrogen-bond acceptors (Lipinski definition) is 2. The van der Waals surface area contributed by atoms with Crippen molar-refractivity contribution in [3.05, 3.63) is 34.9 Å². The van der Waals surface area contributed by atoms with Crippen LogP contribution in [-0.4, -0.2) is 31.6 Å². The first kappa shape index (κ1) is 14.2. The molecule has 0 aliphatic heterocycles. The van der Waals surface area contributed by atoms with E-state index in [0.29, 0.717) is 6.04 Å². The standard InChI is InChI=1S/C15H26N2/c1-6-16-15(11-17(5)7-2)14-9-8-12(3)13(4)10-14/h8-10,15-16H,6-7,11H2,1-5H3. The quantitative estimate of drug-likeness (QED) is 0.814. The van der Waals surface area contributed by atoms with Crippen molar-refractivity contribution in [1.82, 2.24) is 10.2 Å². The molecule has 1 unspecified atom stereocenters. The molecule has 0 aliphatic rings. The maximum absolute atomic E-state index is 3.57. The second-order valence-electron chi connectivity index (χ2n) is 4.81. The van der Waals surface area contributed by atoms with Crippen molar-refractivity contribution in [3.8, 4) is 0 Å². The van der Waals surface area contributed by atoms with Gasteiger partial charge in [0.05, 0.1) is 0 Å². The van der Waals surface area contributed by atoms with Crippen molar-refractivity contribution in [2.24, 2.45) is 0 Å². The van der Waals surface area contributed by atoms with Crippen molar-refractivity contribution in [2.45, 2.75) is 33.7 Å². The molecule has 17 heavy (non-hydrogen) atoms. The fourth-order valence-electron chi connectivity index (χ4n) is 1.96. The molecule has 0 saturated carbocycles. The third kappa shape index (κ3) is 4.14. The topological polar surface area (TPSA) is 15.3 Å². The van der Waals surface area contributed by atoms with Gasteiger partial charge in [-0.1, -0.05) is 32.0 Å². The molecule has 0 spiro atoms.